The number of nitrogens with zero attached hydrogens (tertiary/aromatic N) is 1. The Bertz CT molecular complexity index is 324. The van der Waals surface area contributed by atoms with Crippen LogP contribution in [0.2, 0.25) is 0 Å². The molecule has 1 heterocycles. The third-order valence-corrected chi connectivity index (χ3v) is 2.55. The van der Waals surface area contributed by atoms with Crippen molar-refractivity contribution in [1.82, 2.24) is 10.2 Å². The zero-order valence-electron chi connectivity index (χ0n) is 10.4. The van der Waals surface area contributed by atoms with Crippen LogP contribution in [0.5, 0.6) is 0 Å². The van der Waals surface area contributed by atoms with Gasteiger partial charge in [0.05, 0.1) is 12.2 Å². The number of carbonyl (C=O) groups is 1. The fourth-order valence-corrected chi connectivity index (χ4v) is 1.48. The molecule has 0 spiro atoms. The van der Waals surface area contributed by atoms with E-state index >= 15 is 0 Å². The van der Waals surface area contributed by atoms with Crippen molar-refractivity contribution in [2.45, 2.75) is 26.5 Å². The first-order valence-electron chi connectivity index (χ1n) is 5.85. The van der Waals surface area contributed by atoms with Gasteiger partial charge in [-0.3, -0.25) is 4.79 Å². The highest BCUT2D eigenvalue weighted by Gasteiger charge is 2.19. The Hall–Kier alpha value is -1.49. The number of amides is 1. The molecule has 0 fully saturated rings. The van der Waals surface area contributed by atoms with E-state index in [1.807, 2.05) is 0 Å². The smallest absolute Gasteiger partial charge is 0.239 e. The first-order valence-corrected chi connectivity index (χ1v) is 5.85. The van der Waals surface area contributed by atoms with Gasteiger partial charge < -0.3 is 21.1 Å². The summed E-state index contributed by atoms with van der Waals surface area (Å²) >= 11 is 0. The summed E-state index contributed by atoms with van der Waals surface area (Å²) in [4.78, 5) is 13.1. The average molecular weight is 239 g/mol. The Morgan fingerprint density at radius 2 is 2.35 bits per heavy atom. The molecule has 0 bridgehead atoms. The van der Waals surface area contributed by atoms with Crippen LogP contribution in [0.25, 0.3) is 0 Å². The van der Waals surface area contributed by atoms with Gasteiger partial charge in [0.25, 0.3) is 0 Å². The molecule has 5 heteroatoms. The highest BCUT2D eigenvalue weighted by Crippen LogP contribution is 2.09. The van der Waals surface area contributed by atoms with Crippen molar-refractivity contribution in [3.8, 4) is 0 Å². The van der Waals surface area contributed by atoms with Crippen molar-refractivity contribution in [1.29, 1.82) is 0 Å². The Morgan fingerprint density at radius 1 is 1.65 bits per heavy atom. The molecule has 0 radical (unpaired) electrons. The quantitative estimate of drug-likeness (QED) is 0.637. The average Bonchev–Trinajstić information content (AvgIpc) is 2.24. The molecule has 1 aliphatic heterocycles. The fourth-order valence-electron chi connectivity index (χ4n) is 1.48. The summed E-state index contributed by atoms with van der Waals surface area (Å²) in [7, 11) is 0. The van der Waals surface area contributed by atoms with Crippen molar-refractivity contribution in [3.63, 3.8) is 0 Å². The molecular formula is C12H21N3O2. The number of hydrogen-bond acceptors (Lipinski definition) is 4. The first-order chi connectivity index (χ1) is 8.00. The summed E-state index contributed by atoms with van der Waals surface area (Å²) in [6.45, 7) is 4.99. The van der Waals surface area contributed by atoms with Gasteiger partial charge >= 0.3 is 0 Å². The molecule has 1 atom stereocenters. The summed E-state index contributed by atoms with van der Waals surface area (Å²) < 4.78 is 0. The Morgan fingerprint density at radius 3 is 3.00 bits per heavy atom. The van der Waals surface area contributed by atoms with Crippen molar-refractivity contribution >= 4 is 5.91 Å². The topological polar surface area (TPSA) is 78.6 Å². The molecule has 5 nitrogen and oxygen atoms in total. The minimum atomic E-state index is -0.907. The zero-order chi connectivity index (χ0) is 12.8. The van der Waals surface area contributed by atoms with Crippen molar-refractivity contribution in [2.75, 3.05) is 13.1 Å². The molecule has 1 amide bonds. The molecule has 0 aromatic carbocycles. The maximum absolute atomic E-state index is 11.6. The second-order valence-corrected chi connectivity index (χ2v) is 4.59. The van der Waals surface area contributed by atoms with Crippen LogP contribution in [0.15, 0.2) is 24.0 Å². The van der Waals surface area contributed by atoms with E-state index in [0.717, 1.165) is 6.42 Å². The second kappa shape index (κ2) is 6.30. The van der Waals surface area contributed by atoms with E-state index in [-0.39, 0.29) is 12.5 Å². The molecule has 0 aliphatic carbocycles. The lowest BCUT2D eigenvalue weighted by Crippen LogP contribution is -2.43. The second-order valence-electron chi connectivity index (χ2n) is 4.59. The van der Waals surface area contributed by atoms with Gasteiger partial charge in [-0.25, -0.2) is 0 Å². The zero-order valence-corrected chi connectivity index (χ0v) is 10.4. The molecule has 1 unspecified atom stereocenters. The number of nitrogens with two attached hydrogens (primary N) is 1. The van der Waals surface area contributed by atoms with Gasteiger partial charge in [0.15, 0.2) is 6.23 Å². The van der Waals surface area contributed by atoms with E-state index in [2.05, 4.69) is 19.2 Å². The standard InChI is InChI=1S/C12H21N3O2/c1-9(2)5-6-14-11(16)8-15-7-3-4-10(13)12(15)17/h3-4,7,9,12,17H,5-6,8,13H2,1-2H3,(H,14,16). The van der Waals surface area contributed by atoms with Gasteiger partial charge in [-0.2, -0.15) is 0 Å². The van der Waals surface area contributed by atoms with Crippen molar-refractivity contribution < 1.29 is 9.90 Å². The van der Waals surface area contributed by atoms with E-state index in [1.54, 1.807) is 18.4 Å². The molecule has 17 heavy (non-hydrogen) atoms. The van der Waals surface area contributed by atoms with Crippen LogP contribution < -0.4 is 11.1 Å². The molecule has 0 saturated heterocycles. The van der Waals surface area contributed by atoms with Crippen LogP contribution in [-0.4, -0.2) is 35.2 Å². The van der Waals surface area contributed by atoms with Crippen LogP contribution >= 0.6 is 0 Å². The highest BCUT2D eigenvalue weighted by molar-refractivity contribution is 5.78. The number of rotatable bonds is 5. The molecule has 0 aromatic heterocycles. The third-order valence-electron chi connectivity index (χ3n) is 2.55. The Balaban J connectivity index is 2.32. The van der Waals surface area contributed by atoms with Crippen molar-refractivity contribution in [3.05, 3.63) is 24.0 Å². The number of aliphatic hydroxyl groups excluding tert-OH is 1. The monoisotopic (exact) mass is 239 g/mol. The third kappa shape index (κ3) is 4.48. The normalized spacial score (nSPS) is 19.4. The predicted octanol–water partition coefficient (Wildman–Crippen LogP) is 0.139. The lowest BCUT2D eigenvalue weighted by Gasteiger charge is -2.28. The Labute approximate surface area is 102 Å². The molecule has 96 valence electrons. The number of carbonyl (C=O) groups excluding carboxylic acids is 1. The van der Waals surface area contributed by atoms with Gasteiger partial charge in [0.2, 0.25) is 5.91 Å². The fraction of sp³-hybridized carbons (Fsp3) is 0.583. The molecule has 0 aromatic rings. The van der Waals surface area contributed by atoms with E-state index in [1.165, 1.54) is 4.90 Å². The number of allylic oxidation sites excluding steroid dienone is 2. The van der Waals surface area contributed by atoms with Gasteiger partial charge in [-0.05, 0) is 24.5 Å². The van der Waals surface area contributed by atoms with E-state index in [0.29, 0.717) is 18.2 Å². The van der Waals surface area contributed by atoms with Crippen LogP contribution in [-0.2, 0) is 4.79 Å². The van der Waals surface area contributed by atoms with Crippen LogP contribution in [0.4, 0.5) is 0 Å². The molecular weight excluding hydrogens is 218 g/mol. The van der Waals surface area contributed by atoms with Gasteiger partial charge in [-0.1, -0.05) is 13.8 Å². The van der Waals surface area contributed by atoms with Crippen LogP contribution in [0, 0.1) is 5.92 Å². The van der Waals surface area contributed by atoms with E-state index in [9.17, 15) is 9.90 Å². The maximum atomic E-state index is 11.6. The van der Waals surface area contributed by atoms with E-state index in [4.69, 9.17) is 5.73 Å². The van der Waals surface area contributed by atoms with Gasteiger partial charge in [0, 0.05) is 12.7 Å². The summed E-state index contributed by atoms with van der Waals surface area (Å²) in [5.74, 6) is 0.457. The largest absolute Gasteiger partial charge is 0.398 e. The number of hydrogen-bond donors (Lipinski definition) is 3. The summed E-state index contributed by atoms with van der Waals surface area (Å²) in [5.41, 5.74) is 5.92. The lowest BCUT2D eigenvalue weighted by molar-refractivity contribution is -0.123. The minimum Gasteiger partial charge on any atom is -0.398 e. The number of nitrogens with one attached hydrogen (secondary N) is 1. The van der Waals surface area contributed by atoms with Gasteiger partial charge in [-0.15, -0.1) is 0 Å². The minimum absolute atomic E-state index is 0.107. The lowest BCUT2D eigenvalue weighted by atomic mass is 10.1. The van der Waals surface area contributed by atoms with Crippen molar-refractivity contribution in [2.24, 2.45) is 11.7 Å². The Kier molecular flexibility index (Phi) is 5.03. The summed E-state index contributed by atoms with van der Waals surface area (Å²) in [5, 5.41) is 12.5. The van der Waals surface area contributed by atoms with Gasteiger partial charge in [0.1, 0.15) is 0 Å². The first kappa shape index (κ1) is 13.6. The molecule has 1 rings (SSSR count). The number of aliphatic hydroxyl groups is 1. The SMILES string of the molecule is CC(C)CCNC(=O)CN1C=CC=C(N)C1O. The van der Waals surface area contributed by atoms with Crippen LogP contribution in [0.1, 0.15) is 20.3 Å². The maximum Gasteiger partial charge on any atom is 0.239 e. The predicted molar refractivity (Wildman–Crippen MR) is 66.6 cm³/mol. The summed E-state index contributed by atoms with van der Waals surface area (Å²) in [6.07, 6.45) is 5.03. The van der Waals surface area contributed by atoms with Crippen LogP contribution in [0.3, 0.4) is 0 Å². The highest BCUT2D eigenvalue weighted by atomic mass is 16.3. The summed E-state index contributed by atoms with van der Waals surface area (Å²) in [6, 6.07) is 0. The van der Waals surface area contributed by atoms with E-state index < -0.39 is 6.23 Å². The molecule has 1 aliphatic rings. The molecule has 4 N–H and O–H groups in total. The molecule has 0 saturated carbocycles.